The van der Waals surface area contributed by atoms with E-state index >= 15 is 0 Å². The van der Waals surface area contributed by atoms with Crippen molar-refractivity contribution in [2.45, 2.75) is 13.8 Å². The highest BCUT2D eigenvalue weighted by atomic mass is 19.1. The first-order chi connectivity index (χ1) is 10.4. The van der Waals surface area contributed by atoms with E-state index in [1.54, 1.807) is 38.1 Å². The lowest BCUT2D eigenvalue weighted by atomic mass is 9.97. The van der Waals surface area contributed by atoms with E-state index in [0.717, 1.165) is 5.56 Å². The Morgan fingerprint density at radius 2 is 1.82 bits per heavy atom. The number of halogens is 1. The van der Waals surface area contributed by atoms with Gasteiger partial charge in [0.2, 0.25) is 0 Å². The molecule has 0 radical (unpaired) electrons. The third kappa shape index (κ3) is 3.17. The van der Waals surface area contributed by atoms with E-state index in [2.05, 4.69) is 6.58 Å². The largest absolute Gasteiger partial charge is 0.462 e. The third-order valence-electron chi connectivity index (χ3n) is 3.37. The number of nitrogens with two attached hydrogens (primary N) is 1. The third-order valence-corrected chi connectivity index (χ3v) is 3.37. The van der Waals surface area contributed by atoms with Gasteiger partial charge in [-0.15, -0.1) is 0 Å². The van der Waals surface area contributed by atoms with Crippen molar-refractivity contribution in [3.63, 3.8) is 0 Å². The summed E-state index contributed by atoms with van der Waals surface area (Å²) in [6.07, 6.45) is 0. The second-order valence-electron chi connectivity index (χ2n) is 4.97. The second-order valence-corrected chi connectivity index (χ2v) is 4.97. The summed E-state index contributed by atoms with van der Waals surface area (Å²) in [5, 5.41) is 0. The minimum atomic E-state index is -0.453. The van der Waals surface area contributed by atoms with E-state index in [9.17, 15) is 9.18 Å². The zero-order valence-electron chi connectivity index (χ0n) is 12.7. The molecule has 2 rings (SSSR count). The zero-order chi connectivity index (χ0) is 16.3. The number of carbonyl (C=O) groups is 1. The molecule has 0 unspecified atom stereocenters. The van der Waals surface area contributed by atoms with Crippen LogP contribution in [0.3, 0.4) is 0 Å². The first kappa shape index (κ1) is 15.8. The molecule has 0 aliphatic rings. The highest BCUT2D eigenvalue weighted by molar-refractivity contribution is 5.96. The Balaban J connectivity index is 2.51. The van der Waals surface area contributed by atoms with Crippen LogP contribution in [0, 0.1) is 12.7 Å². The molecule has 0 bridgehead atoms. The minimum absolute atomic E-state index is 0.262. The maximum absolute atomic E-state index is 13.7. The van der Waals surface area contributed by atoms with Crippen LogP contribution in [0.5, 0.6) is 0 Å². The average molecular weight is 299 g/mol. The lowest BCUT2D eigenvalue weighted by Gasteiger charge is -2.11. The number of benzene rings is 2. The molecule has 0 atom stereocenters. The van der Waals surface area contributed by atoms with Crippen molar-refractivity contribution < 1.29 is 13.9 Å². The van der Waals surface area contributed by atoms with Crippen LogP contribution in [0.1, 0.15) is 28.4 Å². The molecule has 2 aromatic carbocycles. The molecule has 0 spiro atoms. The fourth-order valence-corrected chi connectivity index (χ4v) is 2.15. The summed E-state index contributed by atoms with van der Waals surface area (Å²) in [4.78, 5) is 11.9. The molecular weight excluding hydrogens is 281 g/mol. The van der Waals surface area contributed by atoms with Gasteiger partial charge < -0.3 is 10.5 Å². The summed E-state index contributed by atoms with van der Waals surface area (Å²) in [5.41, 5.74) is 8.93. The van der Waals surface area contributed by atoms with E-state index in [0.29, 0.717) is 22.3 Å². The van der Waals surface area contributed by atoms with Crippen molar-refractivity contribution in [2.24, 2.45) is 5.73 Å². The molecule has 4 heteroatoms. The fourth-order valence-electron chi connectivity index (χ4n) is 2.15. The van der Waals surface area contributed by atoms with Gasteiger partial charge in [0.25, 0.3) is 0 Å². The van der Waals surface area contributed by atoms with Gasteiger partial charge in [0.1, 0.15) is 5.82 Å². The van der Waals surface area contributed by atoms with Crippen LogP contribution in [0.4, 0.5) is 4.39 Å². The van der Waals surface area contributed by atoms with Gasteiger partial charge in [-0.25, -0.2) is 9.18 Å². The lowest BCUT2D eigenvalue weighted by molar-refractivity contribution is 0.0526. The van der Waals surface area contributed by atoms with Gasteiger partial charge in [-0.1, -0.05) is 24.8 Å². The highest BCUT2D eigenvalue weighted by Crippen LogP contribution is 2.26. The van der Waals surface area contributed by atoms with Crippen LogP contribution in [0.25, 0.3) is 16.8 Å². The van der Waals surface area contributed by atoms with Gasteiger partial charge in [0.05, 0.1) is 12.2 Å². The molecule has 2 aromatic rings. The number of rotatable bonds is 4. The molecule has 0 saturated heterocycles. The summed E-state index contributed by atoms with van der Waals surface area (Å²) in [7, 11) is 0. The molecular formula is C18H18FNO2. The molecule has 0 fully saturated rings. The number of carbonyl (C=O) groups excluding carboxylic acids is 1. The minimum Gasteiger partial charge on any atom is -0.462 e. The van der Waals surface area contributed by atoms with E-state index < -0.39 is 5.97 Å². The predicted molar refractivity (Wildman–Crippen MR) is 85.8 cm³/mol. The van der Waals surface area contributed by atoms with E-state index in [1.165, 1.54) is 6.07 Å². The number of esters is 1. The maximum Gasteiger partial charge on any atom is 0.338 e. The highest BCUT2D eigenvalue weighted by Gasteiger charge is 2.15. The number of ether oxygens (including phenoxy) is 1. The van der Waals surface area contributed by atoms with Crippen LogP contribution in [-0.4, -0.2) is 12.6 Å². The van der Waals surface area contributed by atoms with Crippen LogP contribution in [0.2, 0.25) is 0 Å². The molecule has 0 aliphatic carbocycles. The summed E-state index contributed by atoms with van der Waals surface area (Å²) < 4.78 is 18.7. The molecule has 114 valence electrons. The van der Waals surface area contributed by atoms with Crippen molar-refractivity contribution in [1.29, 1.82) is 0 Å². The molecule has 0 aromatic heterocycles. The van der Waals surface area contributed by atoms with Crippen LogP contribution in [-0.2, 0) is 4.74 Å². The Bertz CT molecular complexity index is 738. The Kier molecular flexibility index (Phi) is 4.61. The average Bonchev–Trinajstić information content (AvgIpc) is 2.49. The monoisotopic (exact) mass is 299 g/mol. The first-order valence-corrected chi connectivity index (χ1v) is 6.96. The van der Waals surface area contributed by atoms with Crippen molar-refractivity contribution in [3.8, 4) is 11.1 Å². The Morgan fingerprint density at radius 3 is 2.41 bits per heavy atom. The summed E-state index contributed by atoms with van der Waals surface area (Å²) >= 11 is 0. The summed E-state index contributed by atoms with van der Waals surface area (Å²) in [5.74, 6) is -0.731. The van der Waals surface area contributed by atoms with E-state index in [-0.39, 0.29) is 18.1 Å². The fraction of sp³-hybridized carbons (Fsp3) is 0.167. The van der Waals surface area contributed by atoms with Crippen LogP contribution in [0.15, 0.2) is 43.0 Å². The molecule has 22 heavy (non-hydrogen) atoms. The topological polar surface area (TPSA) is 52.3 Å². The maximum atomic E-state index is 13.7. The number of aryl methyl sites for hydroxylation is 1. The Hall–Kier alpha value is -2.62. The lowest BCUT2D eigenvalue weighted by Crippen LogP contribution is -2.10. The van der Waals surface area contributed by atoms with Crippen LogP contribution >= 0.6 is 0 Å². The smallest absolute Gasteiger partial charge is 0.338 e. The normalized spacial score (nSPS) is 10.3. The Morgan fingerprint density at radius 1 is 1.18 bits per heavy atom. The molecule has 0 heterocycles. The standard InChI is InChI=1S/C18H18FNO2/c1-4-22-18(21)15-8-7-13(9-16(15)12(3)20)14-6-5-11(2)17(19)10-14/h5-10H,3-4,20H2,1-2H3. The van der Waals surface area contributed by atoms with Crippen molar-refractivity contribution in [2.75, 3.05) is 6.61 Å². The van der Waals surface area contributed by atoms with E-state index in [4.69, 9.17) is 10.5 Å². The van der Waals surface area contributed by atoms with Gasteiger partial charge in [-0.3, -0.25) is 0 Å². The van der Waals surface area contributed by atoms with Gasteiger partial charge in [-0.05, 0) is 48.7 Å². The van der Waals surface area contributed by atoms with Gasteiger partial charge >= 0.3 is 5.97 Å². The summed E-state index contributed by atoms with van der Waals surface area (Å²) in [6.45, 7) is 7.41. The van der Waals surface area contributed by atoms with E-state index in [1.807, 2.05) is 6.07 Å². The van der Waals surface area contributed by atoms with Crippen molar-refractivity contribution in [3.05, 3.63) is 65.5 Å². The molecule has 0 aliphatic heterocycles. The van der Waals surface area contributed by atoms with Crippen LogP contribution < -0.4 is 5.73 Å². The quantitative estimate of drug-likeness (QED) is 0.871. The summed E-state index contributed by atoms with van der Waals surface area (Å²) in [6, 6.07) is 10.1. The van der Waals surface area contributed by atoms with Crippen molar-refractivity contribution in [1.82, 2.24) is 0 Å². The van der Waals surface area contributed by atoms with Gasteiger partial charge in [-0.2, -0.15) is 0 Å². The SMILES string of the molecule is C=C(N)c1cc(-c2ccc(C)c(F)c2)ccc1C(=O)OCC. The second kappa shape index (κ2) is 6.43. The molecule has 2 N–H and O–H groups in total. The van der Waals surface area contributed by atoms with Gasteiger partial charge in [0, 0.05) is 11.3 Å². The zero-order valence-corrected chi connectivity index (χ0v) is 12.7. The molecule has 0 amide bonds. The first-order valence-electron chi connectivity index (χ1n) is 6.96. The number of hydrogen-bond acceptors (Lipinski definition) is 3. The number of hydrogen-bond donors (Lipinski definition) is 1. The predicted octanol–water partition coefficient (Wildman–Crippen LogP) is 3.91. The molecule has 0 saturated carbocycles. The molecule has 3 nitrogen and oxygen atoms in total. The van der Waals surface area contributed by atoms with Crippen molar-refractivity contribution >= 4 is 11.7 Å². The Labute approximate surface area is 129 Å². The van der Waals surface area contributed by atoms with Gasteiger partial charge in [0.15, 0.2) is 0 Å².